The van der Waals surface area contributed by atoms with Crippen LogP contribution in [0.15, 0.2) is 4.99 Å². The van der Waals surface area contributed by atoms with Crippen molar-refractivity contribution in [3.63, 3.8) is 0 Å². The van der Waals surface area contributed by atoms with Crippen molar-refractivity contribution in [3.8, 4) is 0 Å². The summed E-state index contributed by atoms with van der Waals surface area (Å²) in [5.74, 6) is 1.69. The minimum absolute atomic E-state index is 0.0565. The van der Waals surface area contributed by atoms with Crippen molar-refractivity contribution in [2.75, 3.05) is 40.8 Å². The molecule has 1 heterocycles. The van der Waals surface area contributed by atoms with Crippen molar-refractivity contribution in [2.24, 2.45) is 10.9 Å². The van der Waals surface area contributed by atoms with Gasteiger partial charge in [-0.3, -0.25) is 9.79 Å². The lowest BCUT2D eigenvalue weighted by Crippen LogP contribution is -2.50. The molecule has 0 radical (unpaired) electrons. The number of carbonyl (C=O) groups is 1. The molecule has 2 fully saturated rings. The molecule has 2 N–H and O–H groups in total. The van der Waals surface area contributed by atoms with Gasteiger partial charge in [-0.1, -0.05) is 6.92 Å². The maximum atomic E-state index is 11.7. The third-order valence-electron chi connectivity index (χ3n) is 5.50. The Kier molecular flexibility index (Phi) is 7.34. The van der Waals surface area contributed by atoms with E-state index < -0.39 is 0 Å². The van der Waals surface area contributed by atoms with E-state index in [1.165, 1.54) is 51.6 Å². The van der Waals surface area contributed by atoms with Crippen LogP contribution >= 0.6 is 0 Å². The Morgan fingerprint density at radius 2 is 1.75 bits per heavy atom. The number of piperidine rings is 1. The van der Waals surface area contributed by atoms with Gasteiger partial charge in [-0.25, -0.2) is 0 Å². The Hall–Kier alpha value is -1.30. The highest BCUT2D eigenvalue weighted by Gasteiger charge is 2.28. The van der Waals surface area contributed by atoms with Crippen LogP contribution < -0.4 is 10.6 Å². The van der Waals surface area contributed by atoms with Gasteiger partial charge in [-0.05, 0) is 57.5 Å². The zero-order chi connectivity index (χ0) is 17.5. The summed E-state index contributed by atoms with van der Waals surface area (Å²) in [6, 6.07) is 1.23. The number of hydrogen-bond acceptors (Lipinski definition) is 3. The van der Waals surface area contributed by atoms with E-state index in [1.54, 1.807) is 26.0 Å². The van der Waals surface area contributed by atoms with Crippen LogP contribution in [-0.4, -0.2) is 74.5 Å². The molecule has 1 saturated heterocycles. The number of rotatable bonds is 4. The summed E-state index contributed by atoms with van der Waals surface area (Å²) in [7, 11) is 5.29. The van der Waals surface area contributed by atoms with Gasteiger partial charge in [0.1, 0.15) is 0 Å². The van der Waals surface area contributed by atoms with E-state index in [0.717, 1.165) is 17.9 Å². The van der Waals surface area contributed by atoms with Crippen LogP contribution in [0, 0.1) is 5.92 Å². The van der Waals surface area contributed by atoms with E-state index in [-0.39, 0.29) is 12.5 Å². The standard InChI is InChI=1S/C18H35N5O/c1-14-9-11-23(12-10-14)16-7-5-15(6-8-16)21-18(19-2)20-13-17(24)22(3)4/h14-16H,5-13H2,1-4H3,(H2,19,20,21). The predicted molar refractivity (Wildman–Crippen MR) is 99.2 cm³/mol. The monoisotopic (exact) mass is 337 g/mol. The van der Waals surface area contributed by atoms with Crippen LogP contribution in [0.2, 0.25) is 0 Å². The lowest BCUT2D eigenvalue weighted by atomic mass is 9.88. The summed E-state index contributed by atoms with van der Waals surface area (Å²) in [6.45, 7) is 5.21. The number of likely N-dealkylation sites (tertiary alicyclic amines) is 1. The van der Waals surface area contributed by atoms with Crippen molar-refractivity contribution in [1.82, 2.24) is 20.4 Å². The third kappa shape index (κ3) is 5.65. The number of hydrogen-bond donors (Lipinski definition) is 2. The highest BCUT2D eigenvalue weighted by molar-refractivity contribution is 5.86. The van der Waals surface area contributed by atoms with Crippen LogP contribution in [0.5, 0.6) is 0 Å². The van der Waals surface area contributed by atoms with E-state index in [1.807, 2.05) is 0 Å². The topological polar surface area (TPSA) is 60.0 Å². The van der Waals surface area contributed by atoms with Crippen LogP contribution in [0.4, 0.5) is 0 Å². The fourth-order valence-corrected chi connectivity index (χ4v) is 3.68. The summed E-state index contributed by atoms with van der Waals surface area (Å²) < 4.78 is 0. The van der Waals surface area contributed by atoms with Crippen molar-refractivity contribution in [3.05, 3.63) is 0 Å². The van der Waals surface area contributed by atoms with Gasteiger partial charge in [0.05, 0.1) is 6.54 Å². The Balaban J connectivity index is 1.70. The molecule has 24 heavy (non-hydrogen) atoms. The summed E-state index contributed by atoms with van der Waals surface area (Å²) >= 11 is 0. The van der Waals surface area contributed by atoms with Gasteiger partial charge in [-0.2, -0.15) is 0 Å². The molecule has 1 aliphatic heterocycles. The molecule has 0 spiro atoms. The Bertz CT molecular complexity index is 421. The first-order valence-electron chi connectivity index (χ1n) is 9.41. The molecule has 0 aromatic rings. The minimum atomic E-state index is 0.0565. The van der Waals surface area contributed by atoms with Crippen molar-refractivity contribution in [2.45, 2.75) is 57.5 Å². The lowest BCUT2D eigenvalue weighted by Gasteiger charge is -2.40. The molecule has 2 aliphatic rings. The molecular weight excluding hydrogens is 302 g/mol. The second kappa shape index (κ2) is 9.25. The molecule has 0 atom stereocenters. The normalized spacial score (nSPS) is 26.9. The zero-order valence-electron chi connectivity index (χ0n) is 15.8. The number of nitrogens with one attached hydrogen (secondary N) is 2. The minimum Gasteiger partial charge on any atom is -0.354 e. The van der Waals surface area contributed by atoms with Crippen molar-refractivity contribution >= 4 is 11.9 Å². The van der Waals surface area contributed by atoms with Crippen LogP contribution in [0.25, 0.3) is 0 Å². The van der Waals surface area contributed by atoms with Gasteiger partial charge < -0.3 is 20.4 Å². The fourth-order valence-electron chi connectivity index (χ4n) is 3.68. The molecular formula is C18H35N5O. The molecule has 6 nitrogen and oxygen atoms in total. The Morgan fingerprint density at radius 1 is 1.12 bits per heavy atom. The molecule has 0 aromatic heterocycles. The maximum absolute atomic E-state index is 11.7. The second-order valence-corrected chi connectivity index (χ2v) is 7.58. The molecule has 138 valence electrons. The van der Waals surface area contributed by atoms with Crippen molar-refractivity contribution < 1.29 is 4.79 Å². The largest absolute Gasteiger partial charge is 0.354 e. The molecule has 1 aliphatic carbocycles. The fraction of sp³-hybridized carbons (Fsp3) is 0.889. The molecule has 0 aromatic carbocycles. The molecule has 0 unspecified atom stereocenters. The first-order valence-corrected chi connectivity index (χ1v) is 9.41. The summed E-state index contributed by atoms with van der Waals surface area (Å²) in [4.78, 5) is 20.2. The van der Waals surface area contributed by atoms with Gasteiger partial charge in [-0.15, -0.1) is 0 Å². The highest BCUT2D eigenvalue weighted by Crippen LogP contribution is 2.27. The smallest absolute Gasteiger partial charge is 0.241 e. The summed E-state index contributed by atoms with van der Waals surface area (Å²) in [5.41, 5.74) is 0. The Labute approximate surface area is 147 Å². The number of guanidine groups is 1. The average molecular weight is 338 g/mol. The SMILES string of the molecule is CN=C(NCC(=O)N(C)C)NC1CCC(N2CCC(C)CC2)CC1. The number of likely N-dealkylation sites (N-methyl/N-ethyl adjacent to an activating group) is 1. The summed E-state index contributed by atoms with van der Waals surface area (Å²) in [5, 5.41) is 6.59. The molecule has 1 amide bonds. The van der Waals surface area contributed by atoms with E-state index in [9.17, 15) is 4.79 Å². The number of nitrogens with zero attached hydrogens (tertiary/aromatic N) is 3. The predicted octanol–water partition coefficient (Wildman–Crippen LogP) is 1.28. The van der Waals surface area contributed by atoms with Gasteiger partial charge in [0.15, 0.2) is 5.96 Å². The zero-order valence-corrected chi connectivity index (χ0v) is 15.8. The van der Waals surface area contributed by atoms with Crippen molar-refractivity contribution in [1.29, 1.82) is 0 Å². The van der Waals surface area contributed by atoms with E-state index in [0.29, 0.717) is 6.04 Å². The van der Waals surface area contributed by atoms with Gasteiger partial charge in [0.2, 0.25) is 5.91 Å². The molecule has 2 rings (SSSR count). The number of carbonyl (C=O) groups excluding carboxylic acids is 1. The lowest BCUT2D eigenvalue weighted by molar-refractivity contribution is -0.127. The third-order valence-corrected chi connectivity index (χ3v) is 5.50. The maximum Gasteiger partial charge on any atom is 0.241 e. The second-order valence-electron chi connectivity index (χ2n) is 7.58. The Morgan fingerprint density at radius 3 is 2.29 bits per heavy atom. The van der Waals surface area contributed by atoms with Crippen LogP contribution in [0.3, 0.4) is 0 Å². The molecule has 0 bridgehead atoms. The highest BCUT2D eigenvalue weighted by atomic mass is 16.2. The van der Waals surface area contributed by atoms with Crippen LogP contribution in [0.1, 0.15) is 45.4 Å². The van der Waals surface area contributed by atoms with Gasteiger partial charge in [0, 0.05) is 33.2 Å². The average Bonchev–Trinajstić information content (AvgIpc) is 2.59. The van der Waals surface area contributed by atoms with E-state index in [4.69, 9.17) is 0 Å². The number of aliphatic imine (C=N–C) groups is 1. The van der Waals surface area contributed by atoms with E-state index >= 15 is 0 Å². The molecule has 1 saturated carbocycles. The quantitative estimate of drug-likeness (QED) is 0.599. The van der Waals surface area contributed by atoms with Gasteiger partial charge >= 0.3 is 0 Å². The molecule has 6 heteroatoms. The summed E-state index contributed by atoms with van der Waals surface area (Å²) in [6.07, 6.45) is 7.60. The first kappa shape index (κ1) is 19.0. The number of amides is 1. The van der Waals surface area contributed by atoms with Crippen LogP contribution in [-0.2, 0) is 4.79 Å². The first-order chi connectivity index (χ1) is 11.5. The van der Waals surface area contributed by atoms with Gasteiger partial charge in [0.25, 0.3) is 0 Å². The van der Waals surface area contributed by atoms with E-state index in [2.05, 4.69) is 27.4 Å².